The van der Waals surface area contributed by atoms with Crippen LogP contribution in [0.1, 0.15) is 16.3 Å². The van der Waals surface area contributed by atoms with Crippen molar-refractivity contribution in [2.45, 2.75) is 0 Å². The Kier molecular flexibility index (Phi) is 2.44. The molecule has 102 valence electrons. The summed E-state index contributed by atoms with van der Waals surface area (Å²) in [6, 6.07) is 17.5. The molecule has 4 aromatic rings. The number of imidazole rings is 1. The van der Waals surface area contributed by atoms with Crippen LogP contribution in [0.2, 0.25) is 0 Å². The van der Waals surface area contributed by atoms with Crippen molar-refractivity contribution in [2.24, 2.45) is 7.05 Å². The Morgan fingerprint density at radius 1 is 1.10 bits per heavy atom. The van der Waals surface area contributed by atoms with Crippen LogP contribution in [0.3, 0.4) is 0 Å². The van der Waals surface area contributed by atoms with Gasteiger partial charge in [0.25, 0.3) is 0 Å². The smallest absolute Gasteiger partial charge is 0.244 e. The third kappa shape index (κ3) is 1.76. The third-order valence-corrected chi connectivity index (χ3v) is 3.76. The Balaban J connectivity index is 1.87. The molecule has 4 nitrogen and oxygen atoms in total. The van der Waals surface area contributed by atoms with Crippen LogP contribution in [-0.4, -0.2) is 20.3 Å². The average molecular weight is 275 g/mol. The van der Waals surface area contributed by atoms with Crippen LogP contribution < -0.4 is 0 Å². The third-order valence-electron chi connectivity index (χ3n) is 3.76. The van der Waals surface area contributed by atoms with E-state index in [1.807, 2.05) is 66.2 Å². The fourth-order valence-electron chi connectivity index (χ4n) is 2.66. The van der Waals surface area contributed by atoms with Gasteiger partial charge in [0.05, 0.1) is 16.7 Å². The number of hydrogen-bond acceptors (Lipinski definition) is 2. The van der Waals surface area contributed by atoms with E-state index in [0.717, 1.165) is 21.9 Å². The van der Waals surface area contributed by atoms with Crippen molar-refractivity contribution in [2.75, 3.05) is 0 Å². The van der Waals surface area contributed by atoms with E-state index in [1.165, 1.54) is 0 Å². The van der Waals surface area contributed by atoms with Crippen molar-refractivity contribution in [3.63, 3.8) is 0 Å². The first kappa shape index (κ1) is 11.9. The van der Waals surface area contributed by atoms with Gasteiger partial charge in [-0.3, -0.25) is 4.79 Å². The number of carbonyl (C=O) groups is 1. The van der Waals surface area contributed by atoms with Gasteiger partial charge in [0.2, 0.25) is 5.78 Å². The highest BCUT2D eigenvalue weighted by atomic mass is 16.1. The molecule has 0 bridgehead atoms. The van der Waals surface area contributed by atoms with Crippen molar-refractivity contribution >= 4 is 27.7 Å². The molecule has 2 aromatic heterocycles. The summed E-state index contributed by atoms with van der Waals surface area (Å²) in [6.07, 6.45) is 0. The number of para-hydroxylation sites is 3. The van der Waals surface area contributed by atoms with Gasteiger partial charge in [0, 0.05) is 18.0 Å². The summed E-state index contributed by atoms with van der Waals surface area (Å²) in [5.41, 5.74) is 3.31. The molecule has 0 amide bonds. The largest absolute Gasteiger partial charge is 0.352 e. The summed E-state index contributed by atoms with van der Waals surface area (Å²) < 4.78 is 1.84. The second kappa shape index (κ2) is 4.31. The number of benzene rings is 2. The predicted octanol–water partition coefficient (Wildman–Crippen LogP) is 3.29. The zero-order valence-electron chi connectivity index (χ0n) is 11.5. The van der Waals surface area contributed by atoms with Crippen LogP contribution >= 0.6 is 0 Å². The van der Waals surface area contributed by atoms with E-state index >= 15 is 0 Å². The monoisotopic (exact) mass is 275 g/mol. The maximum absolute atomic E-state index is 12.7. The SMILES string of the molecule is Cn1c(C(=O)c2cc3ccccc3[nH]2)nc2ccccc21. The normalized spacial score (nSPS) is 11.3. The molecule has 0 saturated carbocycles. The number of hydrogen-bond donors (Lipinski definition) is 1. The molecule has 0 unspecified atom stereocenters. The van der Waals surface area contributed by atoms with Gasteiger partial charge >= 0.3 is 0 Å². The Morgan fingerprint density at radius 2 is 1.86 bits per heavy atom. The van der Waals surface area contributed by atoms with E-state index in [-0.39, 0.29) is 5.78 Å². The van der Waals surface area contributed by atoms with Crippen molar-refractivity contribution in [3.8, 4) is 0 Å². The van der Waals surface area contributed by atoms with Crippen LogP contribution in [0.4, 0.5) is 0 Å². The highest BCUT2D eigenvalue weighted by Gasteiger charge is 2.18. The number of aromatic nitrogens is 3. The highest BCUT2D eigenvalue weighted by molar-refractivity contribution is 6.09. The van der Waals surface area contributed by atoms with Gasteiger partial charge < -0.3 is 9.55 Å². The number of nitrogens with one attached hydrogen (secondary N) is 1. The Labute approximate surface area is 121 Å². The number of ketones is 1. The van der Waals surface area contributed by atoms with E-state index in [9.17, 15) is 4.79 Å². The summed E-state index contributed by atoms with van der Waals surface area (Å²) in [5.74, 6) is 0.354. The summed E-state index contributed by atoms with van der Waals surface area (Å²) >= 11 is 0. The van der Waals surface area contributed by atoms with Crippen LogP contribution in [-0.2, 0) is 7.05 Å². The fourth-order valence-corrected chi connectivity index (χ4v) is 2.66. The molecule has 0 atom stereocenters. The molecule has 0 saturated heterocycles. The van der Waals surface area contributed by atoms with Crippen LogP contribution in [0, 0.1) is 0 Å². The standard InChI is InChI=1S/C17H13N3O/c1-20-15-9-5-4-8-13(15)19-17(20)16(21)14-10-11-6-2-3-7-12(11)18-14/h2-10,18H,1H3. The molecule has 21 heavy (non-hydrogen) atoms. The summed E-state index contributed by atoms with van der Waals surface area (Å²) in [7, 11) is 1.87. The van der Waals surface area contributed by atoms with E-state index in [4.69, 9.17) is 0 Å². The van der Waals surface area contributed by atoms with Gasteiger partial charge in [-0.25, -0.2) is 4.98 Å². The first-order valence-corrected chi connectivity index (χ1v) is 6.78. The lowest BCUT2D eigenvalue weighted by molar-refractivity contribution is 0.102. The van der Waals surface area contributed by atoms with Gasteiger partial charge in [-0.15, -0.1) is 0 Å². The quantitative estimate of drug-likeness (QED) is 0.571. The van der Waals surface area contributed by atoms with Gasteiger partial charge in [0.1, 0.15) is 0 Å². The zero-order valence-corrected chi connectivity index (χ0v) is 11.5. The topological polar surface area (TPSA) is 50.7 Å². The predicted molar refractivity (Wildman–Crippen MR) is 82.4 cm³/mol. The van der Waals surface area contributed by atoms with Crippen molar-refractivity contribution in [3.05, 3.63) is 66.1 Å². The average Bonchev–Trinajstić information content (AvgIpc) is 3.08. The number of carbonyl (C=O) groups excluding carboxylic acids is 1. The molecule has 1 N–H and O–H groups in total. The molecule has 0 fully saturated rings. The Bertz CT molecular complexity index is 945. The summed E-state index contributed by atoms with van der Waals surface area (Å²) in [6.45, 7) is 0. The number of nitrogens with zero attached hydrogens (tertiary/aromatic N) is 2. The van der Waals surface area contributed by atoms with Gasteiger partial charge in [0.15, 0.2) is 5.82 Å². The number of rotatable bonds is 2. The zero-order chi connectivity index (χ0) is 14.4. The first-order chi connectivity index (χ1) is 10.2. The van der Waals surface area contributed by atoms with Crippen LogP contribution in [0.15, 0.2) is 54.6 Å². The molecule has 0 radical (unpaired) electrons. The number of H-pyrrole nitrogens is 1. The maximum Gasteiger partial charge on any atom is 0.244 e. The molecule has 4 rings (SSSR count). The van der Waals surface area contributed by atoms with Crippen LogP contribution in [0.5, 0.6) is 0 Å². The molecule has 2 aromatic carbocycles. The van der Waals surface area contributed by atoms with E-state index in [0.29, 0.717) is 11.5 Å². The lowest BCUT2D eigenvalue weighted by atomic mass is 10.2. The molecule has 0 spiro atoms. The van der Waals surface area contributed by atoms with Crippen LogP contribution in [0.25, 0.3) is 21.9 Å². The van der Waals surface area contributed by atoms with Gasteiger partial charge in [-0.1, -0.05) is 30.3 Å². The Morgan fingerprint density at radius 3 is 2.67 bits per heavy atom. The van der Waals surface area contributed by atoms with E-state index < -0.39 is 0 Å². The fraction of sp³-hybridized carbons (Fsp3) is 0.0588. The van der Waals surface area contributed by atoms with Gasteiger partial charge in [-0.2, -0.15) is 0 Å². The highest BCUT2D eigenvalue weighted by Crippen LogP contribution is 2.20. The number of aromatic amines is 1. The molecule has 0 aliphatic heterocycles. The molecule has 2 heterocycles. The molecule has 0 aliphatic rings. The molecular weight excluding hydrogens is 262 g/mol. The molecule has 4 heteroatoms. The minimum absolute atomic E-state index is 0.0927. The van der Waals surface area contributed by atoms with Gasteiger partial charge in [-0.05, 0) is 24.3 Å². The second-order valence-electron chi connectivity index (χ2n) is 5.08. The molecule has 0 aliphatic carbocycles. The minimum Gasteiger partial charge on any atom is -0.352 e. The van der Waals surface area contributed by atoms with Crippen molar-refractivity contribution in [1.29, 1.82) is 0 Å². The first-order valence-electron chi connectivity index (χ1n) is 6.78. The second-order valence-corrected chi connectivity index (χ2v) is 5.08. The minimum atomic E-state index is -0.0927. The lowest BCUT2D eigenvalue weighted by Gasteiger charge is -1.99. The molecular formula is C17H13N3O. The number of aryl methyl sites for hydroxylation is 1. The Hall–Kier alpha value is -2.88. The maximum atomic E-state index is 12.7. The lowest BCUT2D eigenvalue weighted by Crippen LogP contribution is -2.09. The van der Waals surface area contributed by atoms with Crippen molar-refractivity contribution < 1.29 is 4.79 Å². The summed E-state index contributed by atoms with van der Waals surface area (Å²) in [4.78, 5) is 20.3. The van der Waals surface area contributed by atoms with E-state index in [2.05, 4.69) is 9.97 Å². The summed E-state index contributed by atoms with van der Waals surface area (Å²) in [5, 5.41) is 1.03. The number of fused-ring (bicyclic) bond motifs is 2. The van der Waals surface area contributed by atoms with E-state index in [1.54, 1.807) is 0 Å². The van der Waals surface area contributed by atoms with Crippen molar-refractivity contribution in [1.82, 2.24) is 14.5 Å².